The van der Waals surface area contributed by atoms with E-state index in [1.54, 1.807) is 0 Å². The summed E-state index contributed by atoms with van der Waals surface area (Å²) >= 11 is 0. The minimum atomic E-state index is -0.720. The average molecular weight is 260 g/mol. The Morgan fingerprint density at radius 3 is 2.89 bits per heavy atom. The van der Waals surface area contributed by atoms with Crippen molar-refractivity contribution in [1.29, 1.82) is 0 Å². The molecule has 19 heavy (non-hydrogen) atoms. The fourth-order valence-corrected chi connectivity index (χ4v) is 2.66. The summed E-state index contributed by atoms with van der Waals surface area (Å²) in [6.45, 7) is 0. The van der Waals surface area contributed by atoms with Gasteiger partial charge < -0.3 is 15.3 Å². The summed E-state index contributed by atoms with van der Waals surface area (Å²) < 4.78 is 0. The maximum absolute atomic E-state index is 11.3. The molecule has 2 N–H and O–H groups in total. The van der Waals surface area contributed by atoms with Crippen LogP contribution in [0.15, 0.2) is 18.2 Å². The third-order valence-corrected chi connectivity index (χ3v) is 3.96. The number of carbonyl (C=O) groups excluding carboxylic acids is 1. The van der Waals surface area contributed by atoms with Crippen molar-refractivity contribution in [2.24, 2.45) is 5.92 Å². The van der Waals surface area contributed by atoms with Crippen LogP contribution in [0.1, 0.15) is 18.4 Å². The van der Waals surface area contributed by atoms with E-state index >= 15 is 0 Å². The Morgan fingerprint density at radius 1 is 1.42 bits per heavy atom. The highest BCUT2D eigenvalue weighted by molar-refractivity contribution is 5.94. The number of anilines is 2. The van der Waals surface area contributed by atoms with Crippen LogP contribution in [-0.4, -0.2) is 30.1 Å². The lowest BCUT2D eigenvalue weighted by molar-refractivity contribution is -0.138. The van der Waals surface area contributed by atoms with Gasteiger partial charge in [0.1, 0.15) is 0 Å². The smallest absolute Gasteiger partial charge is 0.308 e. The van der Waals surface area contributed by atoms with Crippen LogP contribution in [0.5, 0.6) is 0 Å². The van der Waals surface area contributed by atoms with Crippen molar-refractivity contribution in [3.05, 3.63) is 23.8 Å². The Hall–Kier alpha value is -2.04. The van der Waals surface area contributed by atoms with Crippen molar-refractivity contribution in [2.45, 2.75) is 25.3 Å². The van der Waals surface area contributed by atoms with E-state index in [1.165, 1.54) is 0 Å². The monoisotopic (exact) mass is 260 g/mol. The Bertz CT molecular complexity index is 556. The summed E-state index contributed by atoms with van der Waals surface area (Å²) in [5, 5.41) is 11.8. The van der Waals surface area contributed by atoms with Crippen LogP contribution in [0.25, 0.3) is 0 Å². The number of carbonyl (C=O) groups is 2. The largest absolute Gasteiger partial charge is 0.481 e. The van der Waals surface area contributed by atoms with Crippen LogP contribution in [0.4, 0.5) is 11.4 Å². The number of aryl methyl sites for hydroxylation is 1. The van der Waals surface area contributed by atoms with Crippen molar-refractivity contribution in [2.75, 3.05) is 17.3 Å². The zero-order valence-corrected chi connectivity index (χ0v) is 10.7. The predicted octanol–water partition coefficient (Wildman–Crippen LogP) is 1.48. The Kier molecular flexibility index (Phi) is 2.69. The zero-order chi connectivity index (χ0) is 13.6. The first-order valence-electron chi connectivity index (χ1n) is 6.44. The van der Waals surface area contributed by atoms with Crippen LogP contribution in [0.2, 0.25) is 0 Å². The number of nitrogens with zero attached hydrogens (tertiary/aromatic N) is 1. The molecule has 0 saturated heterocycles. The van der Waals surface area contributed by atoms with Gasteiger partial charge in [0.15, 0.2) is 0 Å². The number of aliphatic carboxylic acids is 1. The van der Waals surface area contributed by atoms with Gasteiger partial charge in [0, 0.05) is 30.9 Å². The summed E-state index contributed by atoms with van der Waals surface area (Å²) in [6, 6.07) is 5.97. The van der Waals surface area contributed by atoms with Gasteiger partial charge in [0.05, 0.1) is 5.92 Å². The lowest BCUT2D eigenvalue weighted by Gasteiger charge is -2.23. The van der Waals surface area contributed by atoms with E-state index in [0.29, 0.717) is 12.8 Å². The van der Waals surface area contributed by atoms with Gasteiger partial charge in [-0.15, -0.1) is 0 Å². The second kappa shape index (κ2) is 4.26. The van der Waals surface area contributed by atoms with E-state index in [-0.39, 0.29) is 17.9 Å². The number of hydrogen-bond acceptors (Lipinski definition) is 3. The highest BCUT2D eigenvalue weighted by Gasteiger charge is 2.46. The number of amides is 1. The molecular weight excluding hydrogens is 244 g/mol. The summed E-state index contributed by atoms with van der Waals surface area (Å²) in [4.78, 5) is 24.2. The van der Waals surface area contributed by atoms with Crippen LogP contribution >= 0.6 is 0 Å². The molecule has 1 aliphatic heterocycles. The fraction of sp³-hybridized carbons (Fsp3) is 0.429. The molecule has 1 aromatic rings. The van der Waals surface area contributed by atoms with Gasteiger partial charge in [-0.2, -0.15) is 0 Å². The molecule has 1 fully saturated rings. The molecule has 2 atom stereocenters. The molecule has 100 valence electrons. The second-order valence-electron chi connectivity index (χ2n) is 5.25. The van der Waals surface area contributed by atoms with Gasteiger partial charge >= 0.3 is 5.97 Å². The van der Waals surface area contributed by atoms with Crippen molar-refractivity contribution in [3.63, 3.8) is 0 Å². The van der Waals surface area contributed by atoms with Gasteiger partial charge in [-0.05, 0) is 36.6 Å². The van der Waals surface area contributed by atoms with E-state index in [9.17, 15) is 9.59 Å². The highest BCUT2D eigenvalue weighted by Crippen LogP contribution is 2.38. The lowest BCUT2D eigenvalue weighted by atomic mass is 10.0. The molecule has 0 spiro atoms. The minimum Gasteiger partial charge on any atom is -0.481 e. The van der Waals surface area contributed by atoms with Gasteiger partial charge in [-0.1, -0.05) is 0 Å². The van der Waals surface area contributed by atoms with E-state index in [2.05, 4.69) is 5.32 Å². The van der Waals surface area contributed by atoms with Crippen molar-refractivity contribution < 1.29 is 14.7 Å². The Morgan fingerprint density at radius 2 is 2.21 bits per heavy atom. The molecule has 1 amide bonds. The molecule has 2 unspecified atom stereocenters. The number of carboxylic acids is 1. The summed E-state index contributed by atoms with van der Waals surface area (Å²) in [6.07, 6.45) is 1.97. The molecule has 3 rings (SSSR count). The van der Waals surface area contributed by atoms with Crippen molar-refractivity contribution in [1.82, 2.24) is 0 Å². The Labute approximate surface area is 111 Å². The molecule has 1 aliphatic carbocycles. The van der Waals surface area contributed by atoms with Gasteiger partial charge in [-0.25, -0.2) is 0 Å². The van der Waals surface area contributed by atoms with Gasteiger partial charge in [-0.3, -0.25) is 9.59 Å². The number of nitrogens with one attached hydrogen (secondary N) is 1. The zero-order valence-electron chi connectivity index (χ0n) is 10.7. The van der Waals surface area contributed by atoms with Crippen LogP contribution in [0.3, 0.4) is 0 Å². The third-order valence-electron chi connectivity index (χ3n) is 3.96. The molecule has 0 aromatic heterocycles. The molecule has 1 heterocycles. The summed E-state index contributed by atoms with van der Waals surface area (Å²) in [5.41, 5.74) is 3.01. The van der Waals surface area contributed by atoms with Gasteiger partial charge in [0.2, 0.25) is 5.91 Å². The number of hydrogen-bond donors (Lipinski definition) is 2. The second-order valence-corrected chi connectivity index (χ2v) is 5.25. The first-order chi connectivity index (χ1) is 9.06. The lowest BCUT2D eigenvalue weighted by Crippen LogP contribution is -2.24. The number of benzene rings is 1. The molecule has 1 aromatic carbocycles. The normalized spacial score (nSPS) is 24.4. The summed E-state index contributed by atoms with van der Waals surface area (Å²) in [7, 11) is 1.93. The molecule has 0 radical (unpaired) electrons. The van der Waals surface area contributed by atoms with Gasteiger partial charge in [0.25, 0.3) is 0 Å². The van der Waals surface area contributed by atoms with E-state index in [0.717, 1.165) is 23.4 Å². The quantitative estimate of drug-likeness (QED) is 0.863. The first kappa shape index (κ1) is 12.0. The van der Waals surface area contributed by atoms with E-state index < -0.39 is 5.97 Å². The molecule has 2 aliphatic rings. The number of rotatable bonds is 3. The van der Waals surface area contributed by atoms with Crippen LogP contribution < -0.4 is 10.2 Å². The Balaban J connectivity index is 1.79. The molecular formula is C14H16N2O3. The summed E-state index contributed by atoms with van der Waals surface area (Å²) in [5.74, 6) is -0.912. The molecule has 5 nitrogen and oxygen atoms in total. The first-order valence-corrected chi connectivity index (χ1v) is 6.44. The van der Waals surface area contributed by atoms with Crippen molar-refractivity contribution >= 4 is 23.3 Å². The van der Waals surface area contributed by atoms with Crippen LogP contribution in [0, 0.1) is 5.92 Å². The maximum Gasteiger partial charge on any atom is 0.308 e. The minimum absolute atomic E-state index is 0.0572. The molecule has 0 bridgehead atoms. The standard InChI is InChI=1S/C14H16N2O3/c1-16(12-7-10(12)14(18)19)9-3-4-11-8(6-9)2-5-13(17)15-11/h3-4,6,10,12H,2,5,7H2,1H3,(H,15,17)(H,18,19). The predicted molar refractivity (Wildman–Crippen MR) is 71.3 cm³/mol. The number of carboxylic acid groups (broad SMARTS) is 1. The number of fused-ring (bicyclic) bond motifs is 1. The fourth-order valence-electron chi connectivity index (χ4n) is 2.66. The topological polar surface area (TPSA) is 69.6 Å². The maximum atomic E-state index is 11.3. The van der Waals surface area contributed by atoms with Crippen LogP contribution in [-0.2, 0) is 16.0 Å². The third kappa shape index (κ3) is 2.16. The van der Waals surface area contributed by atoms with E-state index in [4.69, 9.17) is 5.11 Å². The SMILES string of the molecule is CN(c1ccc2c(c1)CCC(=O)N2)C1CC1C(=O)O. The molecule has 1 saturated carbocycles. The van der Waals surface area contributed by atoms with Crippen molar-refractivity contribution in [3.8, 4) is 0 Å². The van der Waals surface area contributed by atoms with E-state index in [1.807, 2.05) is 30.1 Å². The average Bonchev–Trinajstić information content (AvgIpc) is 3.17. The molecule has 5 heteroatoms. The highest BCUT2D eigenvalue weighted by atomic mass is 16.4.